The summed E-state index contributed by atoms with van der Waals surface area (Å²) in [6.07, 6.45) is 2.03. The summed E-state index contributed by atoms with van der Waals surface area (Å²) in [7, 11) is 1.60. The van der Waals surface area contributed by atoms with Gasteiger partial charge in [0.1, 0.15) is 12.3 Å². The Hall–Kier alpha value is -3.35. The molecular weight excluding hydrogens is 344 g/mol. The fourth-order valence-electron chi connectivity index (χ4n) is 3.38. The van der Waals surface area contributed by atoms with E-state index in [1.54, 1.807) is 22.9 Å². The molecule has 2 heterocycles. The monoisotopic (exact) mass is 364 g/mol. The molecule has 1 aliphatic rings. The lowest BCUT2D eigenvalue weighted by atomic mass is 10.2. The van der Waals surface area contributed by atoms with E-state index in [1.807, 2.05) is 48.5 Å². The van der Waals surface area contributed by atoms with E-state index in [1.165, 1.54) is 0 Å². The van der Waals surface area contributed by atoms with Crippen molar-refractivity contribution in [2.45, 2.75) is 19.0 Å². The van der Waals surface area contributed by atoms with Gasteiger partial charge in [0.15, 0.2) is 0 Å². The van der Waals surface area contributed by atoms with E-state index in [-0.39, 0.29) is 30.8 Å². The molecule has 0 bridgehead atoms. The van der Waals surface area contributed by atoms with Gasteiger partial charge in [-0.05, 0) is 30.3 Å². The van der Waals surface area contributed by atoms with Crippen molar-refractivity contribution in [2.24, 2.45) is 0 Å². The quantitative estimate of drug-likeness (QED) is 0.751. The van der Waals surface area contributed by atoms with Gasteiger partial charge in [-0.15, -0.1) is 0 Å². The molecule has 7 heteroatoms. The number of hydrogen-bond donors (Lipinski definition) is 1. The number of methoxy groups -OCH3 is 1. The van der Waals surface area contributed by atoms with Crippen LogP contribution in [0.25, 0.3) is 10.9 Å². The lowest BCUT2D eigenvalue weighted by Crippen LogP contribution is -2.39. The first-order chi connectivity index (χ1) is 13.1. The topological polar surface area (TPSA) is 76.5 Å². The zero-order valence-corrected chi connectivity index (χ0v) is 15.0. The van der Waals surface area contributed by atoms with E-state index in [2.05, 4.69) is 10.4 Å². The molecule has 2 aromatic carbocycles. The Morgan fingerprint density at radius 2 is 2.00 bits per heavy atom. The van der Waals surface area contributed by atoms with Crippen molar-refractivity contribution >= 4 is 28.4 Å². The van der Waals surface area contributed by atoms with Crippen LogP contribution in [0.2, 0.25) is 0 Å². The third-order valence-electron chi connectivity index (χ3n) is 4.72. The van der Waals surface area contributed by atoms with Gasteiger partial charge in [0, 0.05) is 24.0 Å². The van der Waals surface area contributed by atoms with Crippen LogP contribution in [0.3, 0.4) is 0 Å². The van der Waals surface area contributed by atoms with Crippen LogP contribution in [0.1, 0.15) is 6.42 Å². The molecule has 1 aromatic heterocycles. The number of rotatable bonds is 5. The average Bonchev–Trinajstić information content (AvgIpc) is 3.25. The van der Waals surface area contributed by atoms with Crippen molar-refractivity contribution in [3.05, 3.63) is 54.7 Å². The number of ether oxygens (including phenoxy) is 1. The van der Waals surface area contributed by atoms with Gasteiger partial charge in [0.05, 0.1) is 24.9 Å². The first-order valence-electron chi connectivity index (χ1n) is 8.78. The molecule has 1 atom stereocenters. The molecule has 0 aliphatic carbocycles. The standard InChI is InChI=1S/C20H20N4O3/c1-27-17-8-6-16(7-9-17)23-12-15(10-20(23)26)22-19(25)13-24-18-5-3-2-4-14(18)11-21-24/h2-9,11,15H,10,12-13H2,1H3,(H,22,25). The van der Waals surface area contributed by atoms with Crippen molar-refractivity contribution in [1.82, 2.24) is 15.1 Å². The number of nitrogens with one attached hydrogen (secondary N) is 1. The molecule has 0 radical (unpaired) electrons. The van der Waals surface area contributed by atoms with Crippen LogP contribution in [-0.4, -0.2) is 41.3 Å². The van der Waals surface area contributed by atoms with Crippen LogP contribution in [0.5, 0.6) is 5.75 Å². The van der Waals surface area contributed by atoms with Crippen molar-refractivity contribution in [1.29, 1.82) is 0 Å². The number of carbonyl (C=O) groups is 2. The van der Waals surface area contributed by atoms with E-state index < -0.39 is 0 Å². The number of hydrogen-bond acceptors (Lipinski definition) is 4. The molecule has 0 spiro atoms. The zero-order chi connectivity index (χ0) is 18.8. The second kappa shape index (κ2) is 7.11. The largest absolute Gasteiger partial charge is 0.497 e. The minimum Gasteiger partial charge on any atom is -0.497 e. The summed E-state index contributed by atoms with van der Waals surface area (Å²) in [4.78, 5) is 26.5. The van der Waals surface area contributed by atoms with Crippen molar-refractivity contribution in [3.63, 3.8) is 0 Å². The molecule has 0 saturated carbocycles. The molecule has 1 unspecified atom stereocenters. The number of carbonyl (C=O) groups excluding carboxylic acids is 2. The SMILES string of the molecule is COc1ccc(N2CC(NC(=O)Cn3ncc4ccccc43)CC2=O)cc1. The van der Waals surface area contributed by atoms with E-state index in [0.29, 0.717) is 6.54 Å². The summed E-state index contributed by atoms with van der Waals surface area (Å²) >= 11 is 0. The number of nitrogens with zero attached hydrogens (tertiary/aromatic N) is 3. The number of benzene rings is 2. The summed E-state index contributed by atoms with van der Waals surface area (Å²) in [5.74, 6) is 0.579. The number of aromatic nitrogens is 2. The van der Waals surface area contributed by atoms with Gasteiger partial charge in [-0.25, -0.2) is 0 Å². The molecular formula is C20H20N4O3. The minimum absolute atomic E-state index is 0.00462. The van der Waals surface area contributed by atoms with Gasteiger partial charge in [-0.2, -0.15) is 5.10 Å². The number of anilines is 1. The lowest BCUT2D eigenvalue weighted by Gasteiger charge is -2.17. The van der Waals surface area contributed by atoms with Crippen LogP contribution >= 0.6 is 0 Å². The second-order valence-electron chi connectivity index (χ2n) is 6.53. The molecule has 138 valence electrons. The van der Waals surface area contributed by atoms with Crippen LogP contribution in [0.15, 0.2) is 54.7 Å². The first-order valence-corrected chi connectivity index (χ1v) is 8.78. The van der Waals surface area contributed by atoms with Crippen LogP contribution in [-0.2, 0) is 16.1 Å². The highest BCUT2D eigenvalue weighted by molar-refractivity contribution is 5.97. The maximum absolute atomic E-state index is 12.4. The Morgan fingerprint density at radius 3 is 2.78 bits per heavy atom. The summed E-state index contributed by atoms with van der Waals surface area (Å²) in [5.41, 5.74) is 1.71. The summed E-state index contributed by atoms with van der Waals surface area (Å²) in [5, 5.41) is 8.21. The number of amides is 2. The van der Waals surface area contributed by atoms with Crippen molar-refractivity contribution in [3.8, 4) is 5.75 Å². The summed E-state index contributed by atoms with van der Waals surface area (Å²) in [6.45, 7) is 0.581. The second-order valence-corrected chi connectivity index (χ2v) is 6.53. The molecule has 1 aliphatic heterocycles. The molecule has 3 aromatic rings. The van der Waals surface area contributed by atoms with E-state index in [0.717, 1.165) is 22.3 Å². The average molecular weight is 364 g/mol. The molecule has 1 fully saturated rings. The Morgan fingerprint density at radius 1 is 1.22 bits per heavy atom. The van der Waals surface area contributed by atoms with Crippen LogP contribution in [0, 0.1) is 0 Å². The summed E-state index contributed by atoms with van der Waals surface area (Å²) < 4.78 is 6.81. The fraction of sp³-hybridized carbons (Fsp3) is 0.250. The van der Waals surface area contributed by atoms with E-state index >= 15 is 0 Å². The number of para-hydroxylation sites is 1. The van der Waals surface area contributed by atoms with Crippen molar-refractivity contribution in [2.75, 3.05) is 18.6 Å². The normalized spacial score (nSPS) is 16.7. The first kappa shape index (κ1) is 17.1. The molecule has 1 N–H and O–H groups in total. The van der Waals surface area contributed by atoms with E-state index in [4.69, 9.17) is 4.74 Å². The minimum atomic E-state index is -0.214. The Labute approximate surface area is 156 Å². The Bertz CT molecular complexity index is 980. The van der Waals surface area contributed by atoms with Crippen molar-refractivity contribution < 1.29 is 14.3 Å². The summed E-state index contributed by atoms with van der Waals surface area (Å²) in [6, 6.07) is 14.9. The molecule has 1 saturated heterocycles. The van der Waals surface area contributed by atoms with Gasteiger partial charge in [0.25, 0.3) is 0 Å². The Balaban J connectivity index is 1.39. The number of fused-ring (bicyclic) bond motifs is 1. The van der Waals surface area contributed by atoms with Crippen LogP contribution < -0.4 is 15.0 Å². The highest BCUT2D eigenvalue weighted by atomic mass is 16.5. The smallest absolute Gasteiger partial charge is 0.242 e. The van der Waals surface area contributed by atoms with Gasteiger partial charge in [-0.1, -0.05) is 18.2 Å². The zero-order valence-electron chi connectivity index (χ0n) is 15.0. The third kappa shape index (κ3) is 3.48. The molecule has 27 heavy (non-hydrogen) atoms. The maximum Gasteiger partial charge on any atom is 0.242 e. The fourth-order valence-corrected chi connectivity index (χ4v) is 3.38. The molecule has 2 amide bonds. The van der Waals surface area contributed by atoms with Gasteiger partial charge in [0.2, 0.25) is 11.8 Å². The van der Waals surface area contributed by atoms with Crippen LogP contribution in [0.4, 0.5) is 5.69 Å². The molecule has 4 rings (SSSR count). The molecule has 7 nitrogen and oxygen atoms in total. The van der Waals surface area contributed by atoms with E-state index in [9.17, 15) is 9.59 Å². The maximum atomic E-state index is 12.4. The Kier molecular flexibility index (Phi) is 4.50. The third-order valence-corrected chi connectivity index (χ3v) is 4.72. The van der Waals surface area contributed by atoms with Gasteiger partial charge < -0.3 is 15.0 Å². The predicted molar refractivity (Wildman–Crippen MR) is 102 cm³/mol. The van der Waals surface area contributed by atoms with Gasteiger partial charge in [-0.3, -0.25) is 14.3 Å². The lowest BCUT2D eigenvalue weighted by molar-refractivity contribution is -0.122. The highest BCUT2D eigenvalue weighted by Crippen LogP contribution is 2.24. The predicted octanol–water partition coefficient (Wildman–Crippen LogP) is 1.97. The van der Waals surface area contributed by atoms with Gasteiger partial charge >= 0.3 is 0 Å². The highest BCUT2D eigenvalue weighted by Gasteiger charge is 2.31.